The fourth-order valence-electron chi connectivity index (χ4n) is 7.88. The van der Waals surface area contributed by atoms with Gasteiger partial charge in [0, 0.05) is 17.4 Å². The number of terminal acetylenes is 1. The molecule has 4 aliphatic rings. The first-order chi connectivity index (χ1) is 17.3. The number of aliphatic hydroxyl groups is 2. The first kappa shape index (κ1) is 27.7. The third-order valence-corrected chi connectivity index (χ3v) is 10.5. The van der Waals surface area contributed by atoms with Crippen LogP contribution in [-0.4, -0.2) is 57.8 Å². The van der Waals surface area contributed by atoms with Crippen LogP contribution in [0.1, 0.15) is 79.1 Å². The molecule has 0 aromatic rings. The van der Waals surface area contributed by atoms with Crippen molar-refractivity contribution in [1.82, 2.24) is 5.32 Å². The average Bonchev–Trinajstić information content (AvgIpc) is 3.13. The number of allylic oxidation sites excluding steroid dienone is 2. The Labute approximate surface area is 219 Å². The van der Waals surface area contributed by atoms with Gasteiger partial charge in [-0.2, -0.15) is 0 Å². The van der Waals surface area contributed by atoms with Crippen LogP contribution in [0.15, 0.2) is 16.8 Å². The number of oxime groups is 1. The summed E-state index contributed by atoms with van der Waals surface area (Å²) in [7, 11) is 0. The van der Waals surface area contributed by atoms with E-state index in [0.29, 0.717) is 24.2 Å². The summed E-state index contributed by atoms with van der Waals surface area (Å²) in [6.45, 7) is 7.47. The normalized spacial score (nSPS) is 38.9. The van der Waals surface area contributed by atoms with Gasteiger partial charge in [0.05, 0.1) is 5.71 Å². The van der Waals surface area contributed by atoms with Crippen LogP contribution in [-0.2, 0) is 14.4 Å². The van der Waals surface area contributed by atoms with E-state index in [0.717, 1.165) is 50.7 Å². The number of nitrogens with zero attached hydrogens (tertiary/aromatic N) is 1. The summed E-state index contributed by atoms with van der Waals surface area (Å²) in [5.74, 6) is 2.61. The van der Waals surface area contributed by atoms with E-state index in [1.807, 2.05) is 0 Å². The number of nitrogens with one attached hydrogen (secondary N) is 1. The fourth-order valence-corrected chi connectivity index (χ4v) is 7.88. The SMILES string of the molecule is C#C[C@@]1(O)CCC2C3CCC4=C/C(=N\OCC(=O)NCC(C)(C)C(O)C(=O)O)CC[C@]4(C)C3CC[C@@]21C. The van der Waals surface area contributed by atoms with Crippen LogP contribution < -0.4 is 5.32 Å². The maximum Gasteiger partial charge on any atom is 0.333 e. The van der Waals surface area contributed by atoms with Gasteiger partial charge in [0.1, 0.15) is 5.60 Å². The molecule has 0 aromatic heterocycles. The molecule has 0 aromatic carbocycles. The molecule has 0 spiro atoms. The number of carboxylic acids is 1. The van der Waals surface area contributed by atoms with Crippen molar-refractivity contribution in [3.63, 3.8) is 0 Å². The van der Waals surface area contributed by atoms with E-state index in [-0.39, 0.29) is 24.0 Å². The lowest BCUT2D eigenvalue weighted by molar-refractivity contribution is -0.153. The lowest BCUT2D eigenvalue weighted by Crippen LogP contribution is -2.54. The van der Waals surface area contributed by atoms with E-state index in [1.54, 1.807) is 13.8 Å². The molecule has 0 bridgehead atoms. The van der Waals surface area contributed by atoms with Gasteiger partial charge in [-0.3, -0.25) is 4.79 Å². The van der Waals surface area contributed by atoms with Crippen LogP contribution in [0.25, 0.3) is 0 Å². The molecule has 4 N–H and O–H groups in total. The highest BCUT2D eigenvalue weighted by Crippen LogP contribution is 2.67. The third kappa shape index (κ3) is 4.70. The van der Waals surface area contributed by atoms with Crippen molar-refractivity contribution in [2.75, 3.05) is 13.2 Å². The fraction of sp³-hybridized carbons (Fsp3) is 0.759. The Morgan fingerprint density at radius 3 is 2.59 bits per heavy atom. The first-order valence-corrected chi connectivity index (χ1v) is 13.5. The Morgan fingerprint density at radius 1 is 1.22 bits per heavy atom. The van der Waals surface area contributed by atoms with Gasteiger partial charge in [-0.15, -0.1) is 6.42 Å². The van der Waals surface area contributed by atoms with E-state index in [9.17, 15) is 19.8 Å². The van der Waals surface area contributed by atoms with Crippen molar-refractivity contribution >= 4 is 17.6 Å². The molecule has 8 heteroatoms. The Hall–Kier alpha value is -2.37. The molecule has 0 aliphatic heterocycles. The van der Waals surface area contributed by atoms with Gasteiger partial charge >= 0.3 is 5.97 Å². The van der Waals surface area contributed by atoms with Crippen LogP contribution in [0.3, 0.4) is 0 Å². The summed E-state index contributed by atoms with van der Waals surface area (Å²) in [5, 5.41) is 36.8. The zero-order valence-corrected chi connectivity index (χ0v) is 22.5. The quantitative estimate of drug-likeness (QED) is 0.305. The molecule has 7 atom stereocenters. The van der Waals surface area contributed by atoms with E-state index >= 15 is 0 Å². The predicted octanol–water partition coefficient (Wildman–Crippen LogP) is 3.27. The molecule has 4 aliphatic carbocycles. The molecule has 4 unspecified atom stereocenters. The molecule has 4 rings (SSSR count). The number of hydrogen-bond donors (Lipinski definition) is 4. The molecular formula is C29H42N2O6. The first-order valence-electron chi connectivity index (χ1n) is 13.5. The average molecular weight is 515 g/mol. The molecule has 37 heavy (non-hydrogen) atoms. The molecule has 204 valence electrons. The maximum atomic E-state index is 12.2. The molecule has 1 amide bonds. The smallest absolute Gasteiger partial charge is 0.333 e. The van der Waals surface area contributed by atoms with Gasteiger partial charge in [0.2, 0.25) is 0 Å². The molecule has 0 saturated heterocycles. The number of rotatable bonds is 7. The number of carboxylic acid groups (broad SMARTS) is 1. The summed E-state index contributed by atoms with van der Waals surface area (Å²) in [6.07, 6.45) is 14.0. The monoisotopic (exact) mass is 514 g/mol. The molecule has 0 radical (unpaired) electrons. The summed E-state index contributed by atoms with van der Waals surface area (Å²) < 4.78 is 0. The summed E-state index contributed by atoms with van der Waals surface area (Å²) in [5.41, 5.74) is 0.152. The van der Waals surface area contributed by atoms with Crippen molar-refractivity contribution in [3.8, 4) is 12.3 Å². The van der Waals surface area contributed by atoms with Gasteiger partial charge < -0.3 is 25.5 Å². The number of carbonyl (C=O) groups excluding carboxylic acids is 1. The van der Waals surface area contributed by atoms with E-state index < -0.39 is 29.0 Å². The molecule has 8 nitrogen and oxygen atoms in total. The van der Waals surface area contributed by atoms with Crippen LogP contribution in [0.5, 0.6) is 0 Å². The van der Waals surface area contributed by atoms with Gasteiger partial charge in [-0.25, -0.2) is 4.79 Å². The topological polar surface area (TPSA) is 128 Å². The Balaban J connectivity index is 1.36. The molecule has 0 heterocycles. The predicted molar refractivity (Wildman–Crippen MR) is 139 cm³/mol. The van der Waals surface area contributed by atoms with Crippen molar-refractivity contribution in [2.45, 2.75) is 90.8 Å². The number of fused-ring (bicyclic) bond motifs is 5. The maximum absolute atomic E-state index is 12.2. The third-order valence-electron chi connectivity index (χ3n) is 10.5. The molecule has 3 fully saturated rings. The van der Waals surface area contributed by atoms with Crippen molar-refractivity contribution in [2.24, 2.45) is 39.2 Å². The molecule has 3 saturated carbocycles. The second kappa shape index (κ2) is 9.74. The van der Waals surface area contributed by atoms with E-state index in [1.165, 1.54) is 5.57 Å². The zero-order chi connectivity index (χ0) is 27.2. The second-order valence-electron chi connectivity index (χ2n) is 12.9. The van der Waals surface area contributed by atoms with Gasteiger partial charge in [-0.1, -0.05) is 44.3 Å². The Morgan fingerprint density at radius 2 is 1.92 bits per heavy atom. The largest absolute Gasteiger partial charge is 0.479 e. The highest BCUT2D eigenvalue weighted by Gasteiger charge is 2.63. The lowest BCUT2D eigenvalue weighted by Gasteiger charge is -2.58. The zero-order valence-electron chi connectivity index (χ0n) is 22.5. The van der Waals surface area contributed by atoms with Crippen molar-refractivity contribution in [3.05, 3.63) is 11.6 Å². The van der Waals surface area contributed by atoms with E-state index in [2.05, 4.69) is 36.3 Å². The van der Waals surface area contributed by atoms with Crippen LogP contribution >= 0.6 is 0 Å². The highest BCUT2D eigenvalue weighted by molar-refractivity contribution is 5.96. The highest BCUT2D eigenvalue weighted by atomic mass is 16.6. The van der Waals surface area contributed by atoms with E-state index in [4.69, 9.17) is 16.4 Å². The number of aliphatic carboxylic acids is 1. The minimum Gasteiger partial charge on any atom is -0.479 e. The number of aliphatic hydroxyl groups excluding tert-OH is 1. The summed E-state index contributed by atoms with van der Waals surface area (Å²) >= 11 is 0. The van der Waals surface area contributed by atoms with Crippen LogP contribution in [0.4, 0.5) is 0 Å². The van der Waals surface area contributed by atoms with Crippen molar-refractivity contribution < 1.29 is 29.7 Å². The Kier molecular flexibility index (Phi) is 7.28. The van der Waals surface area contributed by atoms with Crippen molar-refractivity contribution in [1.29, 1.82) is 0 Å². The summed E-state index contributed by atoms with van der Waals surface area (Å²) in [4.78, 5) is 28.5. The standard InChI is InChI=1S/C29H42N2O6/c1-6-29(36)14-11-22-20-8-7-18-15-19(9-12-27(18,4)21(20)10-13-28(22,29)5)31-37-16-23(32)30-17-26(2,3)24(33)25(34)35/h1,15,20-22,24,33,36H,7-14,16-17H2,2-5H3,(H,30,32)(H,34,35)/b31-19-/t20?,21?,22?,24?,27-,28-,29+/m0/s1. The number of amides is 1. The number of carbonyl (C=O) groups is 2. The summed E-state index contributed by atoms with van der Waals surface area (Å²) in [6, 6.07) is 0. The lowest BCUT2D eigenvalue weighted by atomic mass is 9.46. The second-order valence-corrected chi connectivity index (χ2v) is 12.9. The minimum atomic E-state index is -1.58. The minimum absolute atomic E-state index is 0.00295. The van der Waals surface area contributed by atoms with Gasteiger partial charge in [0.25, 0.3) is 5.91 Å². The van der Waals surface area contributed by atoms with Crippen LogP contribution in [0, 0.1) is 46.3 Å². The number of hydrogen-bond acceptors (Lipinski definition) is 6. The Bertz CT molecular complexity index is 1040. The molecular weight excluding hydrogens is 472 g/mol. The van der Waals surface area contributed by atoms with Crippen LogP contribution in [0.2, 0.25) is 0 Å². The van der Waals surface area contributed by atoms with Gasteiger partial charge in [-0.05, 0) is 80.6 Å². The van der Waals surface area contributed by atoms with Gasteiger partial charge in [0.15, 0.2) is 12.7 Å².